The molecular weight excluding hydrogens is 313 g/mol. The number of alkyl halides is 3. The summed E-state index contributed by atoms with van der Waals surface area (Å²) in [4.78, 5) is 23.0. The highest BCUT2D eigenvalue weighted by atomic mass is 19.4. The van der Waals surface area contributed by atoms with Crippen LogP contribution in [0.15, 0.2) is 30.9 Å². The van der Waals surface area contributed by atoms with Gasteiger partial charge < -0.3 is 10.1 Å². The highest BCUT2D eigenvalue weighted by Crippen LogP contribution is 2.28. The van der Waals surface area contributed by atoms with Crippen LogP contribution in [0.3, 0.4) is 0 Å². The standard InChI is InChI=1S/C14H13F3N4O2/c1-23-13(22)11-7-18-8-21-12(11)19-5-4-10-3-2-9(6-20-10)14(15,16)17/h2-3,6-8H,4-5H2,1H3,(H,18,19,21). The first-order valence-corrected chi connectivity index (χ1v) is 6.56. The van der Waals surface area contributed by atoms with Crippen LogP contribution in [-0.2, 0) is 17.3 Å². The maximum absolute atomic E-state index is 12.4. The molecule has 0 fully saturated rings. The molecule has 2 rings (SSSR count). The molecule has 0 atom stereocenters. The van der Waals surface area contributed by atoms with Gasteiger partial charge in [-0.2, -0.15) is 13.2 Å². The summed E-state index contributed by atoms with van der Waals surface area (Å²) in [5, 5.41) is 2.91. The van der Waals surface area contributed by atoms with Gasteiger partial charge in [0.1, 0.15) is 17.7 Å². The molecular formula is C14H13F3N4O2. The maximum Gasteiger partial charge on any atom is 0.417 e. The summed E-state index contributed by atoms with van der Waals surface area (Å²) in [7, 11) is 1.24. The predicted molar refractivity (Wildman–Crippen MR) is 74.8 cm³/mol. The number of halogens is 3. The Bertz CT molecular complexity index is 674. The fourth-order valence-electron chi connectivity index (χ4n) is 1.78. The third-order valence-corrected chi connectivity index (χ3v) is 2.94. The van der Waals surface area contributed by atoms with E-state index in [0.29, 0.717) is 24.5 Å². The second-order valence-corrected chi connectivity index (χ2v) is 4.49. The molecule has 122 valence electrons. The number of hydrogen-bond acceptors (Lipinski definition) is 6. The third kappa shape index (κ3) is 4.38. The van der Waals surface area contributed by atoms with Crippen molar-refractivity contribution in [3.63, 3.8) is 0 Å². The van der Waals surface area contributed by atoms with Gasteiger partial charge in [0.15, 0.2) is 0 Å². The minimum Gasteiger partial charge on any atom is -0.465 e. The molecule has 9 heteroatoms. The zero-order valence-corrected chi connectivity index (χ0v) is 12.1. The minimum atomic E-state index is -4.40. The normalized spacial score (nSPS) is 11.1. The Labute approximate surface area is 129 Å². The Morgan fingerprint density at radius 2 is 2.04 bits per heavy atom. The lowest BCUT2D eigenvalue weighted by Crippen LogP contribution is -2.13. The van der Waals surface area contributed by atoms with E-state index in [4.69, 9.17) is 0 Å². The zero-order valence-electron chi connectivity index (χ0n) is 12.1. The van der Waals surface area contributed by atoms with Gasteiger partial charge in [-0.15, -0.1) is 0 Å². The largest absolute Gasteiger partial charge is 0.465 e. The van der Waals surface area contributed by atoms with Crippen molar-refractivity contribution in [3.8, 4) is 0 Å². The van der Waals surface area contributed by atoms with Crippen LogP contribution in [0.5, 0.6) is 0 Å². The highest BCUT2D eigenvalue weighted by Gasteiger charge is 2.30. The summed E-state index contributed by atoms with van der Waals surface area (Å²) < 4.78 is 41.9. The number of ether oxygens (including phenoxy) is 1. The lowest BCUT2D eigenvalue weighted by Gasteiger charge is -2.09. The summed E-state index contributed by atoms with van der Waals surface area (Å²) in [5.74, 6) is -0.292. The van der Waals surface area contributed by atoms with E-state index in [0.717, 1.165) is 12.3 Å². The summed E-state index contributed by atoms with van der Waals surface area (Å²) in [6.07, 6.45) is -0.661. The van der Waals surface area contributed by atoms with Crippen LogP contribution in [0.25, 0.3) is 0 Å². The van der Waals surface area contributed by atoms with Gasteiger partial charge in [-0.3, -0.25) is 4.98 Å². The second kappa shape index (κ2) is 7.03. The predicted octanol–water partition coefficient (Wildman–Crippen LogP) is 2.33. The average Bonchev–Trinajstić information content (AvgIpc) is 2.54. The Kier molecular flexibility index (Phi) is 5.09. The first kappa shape index (κ1) is 16.7. The van der Waals surface area contributed by atoms with Gasteiger partial charge in [-0.1, -0.05) is 0 Å². The van der Waals surface area contributed by atoms with Crippen LogP contribution in [0, 0.1) is 0 Å². The van der Waals surface area contributed by atoms with Crippen LogP contribution in [0.1, 0.15) is 21.6 Å². The molecule has 0 amide bonds. The van der Waals surface area contributed by atoms with E-state index in [1.807, 2.05) is 0 Å². The molecule has 23 heavy (non-hydrogen) atoms. The first-order valence-electron chi connectivity index (χ1n) is 6.56. The van der Waals surface area contributed by atoms with Crippen molar-refractivity contribution in [2.24, 2.45) is 0 Å². The molecule has 2 aromatic heterocycles. The number of pyridine rings is 1. The highest BCUT2D eigenvalue weighted by molar-refractivity contribution is 5.94. The van der Waals surface area contributed by atoms with Crippen molar-refractivity contribution in [1.29, 1.82) is 0 Å². The van der Waals surface area contributed by atoms with Crippen molar-refractivity contribution in [2.75, 3.05) is 19.0 Å². The van der Waals surface area contributed by atoms with Gasteiger partial charge in [-0.25, -0.2) is 14.8 Å². The number of rotatable bonds is 5. The molecule has 1 N–H and O–H groups in total. The number of nitrogens with zero attached hydrogens (tertiary/aromatic N) is 3. The molecule has 0 aliphatic carbocycles. The van der Waals surface area contributed by atoms with Gasteiger partial charge in [0.25, 0.3) is 0 Å². The molecule has 0 spiro atoms. The third-order valence-electron chi connectivity index (χ3n) is 2.94. The molecule has 0 aliphatic rings. The van der Waals surface area contributed by atoms with Gasteiger partial charge >= 0.3 is 12.1 Å². The van der Waals surface area contributed by atoms with Crippen LogP contribution >= 0.6 is 0 Å². The van der Waals surface area contributed by atoms with Crippen LogP contribution in [0.4, 0.5) is 19.0 Å². The molecule has 0 bridgehead atoms. The van der Waals surface area contributed by atoms with E-state index in [2.05, 4.69) is 25.0 Å². The van der Waals surface area contributed by atoms with E-state index < -0.39 is 17.7 Å². The number of carbonyl (C=O) groups is 1. The lowest BCUT2D eigenvalue weighted by atomic mass is 10.2. The molecule has 6 nitrogen and oxygen atoms in total. The van der Waals surface area contributed by atoms with Crippen molar-refractivity contribution in [2.45, 2.75) is 12.6 Å². The van der Waals surface area contributed by atoms with E-state index in [9.17, 15) is 18.0 Å². The van der Waals surface area contributed by atoms with Crippen molar-refractivity contribution in [1.82, 2.24) is 15.0 Å². The SMILES string of the molecule is COC(=O)c1cncnc1NCCc1ccc(C(F)(F)F)cn1. The summed E-state index contributed by atoms with van der Waals surface area (Å²) in [5.41, 5.74) is -0.132. The molecule has 0 radical (unpaired) electrons. The fraction of sp³-hybridized carbons (Fsp3) is 0.286. The smallest absolute Gasteiger partial charge is 0.417 e. The number of esters is 1. The van der Waals surface area contributed by atoms with Gasteiger partial charge in [0.2, 0.25) is 0 Å². The number of anilines is 1. The lowest BCUT2D eigenvalue weighted by molar-refractivity contribution is -0.137. The Morgan fingerprint density at radius 1 is 1.26 bits per heavy atom. The molecule has 2 aromatic rings. The summed E-state index contributed by atoms with van der Waals surface area (Å²) in [6.45, 7) is 0.333. The number of carbonyl (C=O) groups excluding carboxylic acids is 1. The summed E-state index contributed by atoms with van der Waals surface area (Å²) in [6, 6.07) is 2.29. The molecule has 2 heterocycles. The zero-order chi connectivity index (χ0) is 16.9. The fourth-order valence-corrected chi connectivity index (χ4v) is 1.78. The van der Waals surface area contributed by atoms with E-state index >= 15 is 0 Å². The number of hydrogen-bond donors (Lipinski definition) is 1. The Hall–Kier alpha value is -2.71. The van der Waals surface area contributed by atoms with Gasteiger partial charge in [0.05, 0.1) is 12.7 Å². The Morgan fingerprint density at radius 3 is 2.65 bits per heavy atom. The Balaban J connectivity index is 1.97. The van der Waals surface area contributed by atoms with Crippen molar-refractivity contribution >= 4 is 11.8 Å². The molecule has 0 aromatic carbocycles. The van der Waals surface area contributed by atoms with Gasteiger partial charge in [0, 0.05) is 31.1 Å². The molecule has 0 saturated heterocycles. The van der Waals surface area contributed by atoms with E-state index in [1.165, 1.54) is 25.7 Å². The summed E-state index contributed by atoms with van der Waals surface area (Å²) >= 11 is 0. The van der Waals surface area contributed by atoms with Crippen LogP contribution < -0.4 is 5.32 Å². The maximum atomic E-state index is 12.4. The van der Waals surface area contributed by atoms with Crippen LogP contribution in [0.2, 0.25) is 0 Å². The number of methoxy groups -OCH3 is 1. The van der Waals surface area contributed by atoms with Crippen molar-refractivity contribution < 1.29 is 22.7 Å². The van der Waals surface area contributed by atoms with E-state index in [-0.39, 0.29) is 5.56 Å². The minimum absolute atomic E-state index is 0.176. The molecule has 0 saturated carbocycles. The number of aromatic nitrogens is 3. The average molecular weight is 326 g/mol. The van der Waals surface area contributed by atoms with Crippen molar-refractivity contribution in [3.05, 3.63) is 47.7 Å². The quantitative estimate of drug-likeness (QED) is 0.850. The van der Waals surface area contributed by atoms with E-state index in [1.54, 1.807) is 0 Å². The monoisotopic (exact) mass is 326 g/mol. The number of nitrogens with one attached hydrogen (secondary N) is 1. The molecule has 0 aliphatic heterocycles. The first-order chi connectivity index (χ1) is 10.9. The second-order valence-electron chi connectivity index (χ2n) is 4.49. The topological polar surface area (TPSA) is 77.0 Å². The van der Waals surface area contributed by atoms with Crippen LogP contribution in [-0.4, -0.2) is 34.6 Å². The van der Waals surface area contributed by atoms with Gasteiger partial charge in [-0.05, 0) is 12.1 Å². The molecule has 0 unspecified atom stereocenters.